The number of carbonyl (C=O) groups excluding carboxylic acids is 2. The van der Waals surface area contributed by atoms with Crippen LogP contribution < -0.4 is 0 Å². The Morgan fingerprint density at radius 1 is 0.433 bits per heavy atom. The SMILES string of the molecule is CCCCCCCCCCCCOC(=O)C(Cc1cc(C(C)(C)CC(C)(C)C)c(O)c(C)c1C)(Cc1cc(C(C)(C)CC(C)(C)C)c(O)c(C)c1C)C(=O)OCCCCCCCCCCCC. The standard InChI is InChI=1S/C61H104O6/c1-17-19-21-23-25-27-29-31-33-35-37-66-55(64)61(56(65)67-38-36-34-32-30-28-26-24-22-20-18-2,41-49-39-51(53(62)47(5)45(49)3)59(13,14)43-57(7,8)9)42-50-40-52(54(63)48(6)46(50)4)60(15,16)44-58(10,11)12/h39-40,62-63H,17-38,41-44H2,1-16H3. The zero-order chi connectivity index (χ0) is 50.6. The molecule has 0 amide bonds. The van der Waals surface area contributed by atoms with Gasteiger partial charge in [-0.1, -0.05) is 211 Å². The highest BCUT2D eigenvalue weighted by Gasteiger charge is 2.50. The van der Waals surface area contributed by atoms with Crippen LogP contribution in [-0.4, -0.2) is 35.4 Å². The van der Waals surface area contributed by atoms with Gasteiger partial charge in [-0.15, -0.1) is 0 Å². The van der Waals surface area contributed by atoms with E-state index in [1.54, 1.807) is 0 Å². The van der Waals surface area contributed by atoms with Gasteiger partial charge in [0.2, 0.25) is 0 Å². The van der Waals surface area contributed by atoms with Crippen molar-refractivity contribution in [2.75, 3.05) is 13.2 Å². The summed E-state index contributed by atoms with van der Waals surface area (Å²) in [6, 6.07) is 4.10. The summed E-state index contributed by atoms with van der Waals surface area (Å²) in [6.45, 7) is 34.8. The minimum atomic E-state index is -1.73. The van der Waals surface area contributed by atoms with E-state index in [2.05, 4.69) is 95.2 Å². The molecule has 2 aromatic carbocycles. The van der Waals surface area contributed by atoms with Crippen LogP contribution in [0.4, 0.5) is 0 Å². The zero-order valence-corrected chi connectivity index (χ0v) is 46.6. The second-order valence-electron chi connectivity index (χ2n) is 24.7. The molecule has 0 aliphatic heterocycles. The fraction of sp³-hybridized carbons (Fsp3) is 0.770. The second kappa shape index (κ2) is 28.0. The number of benzene rings is 2. The fourth-order valence-electron chi connectivity index (χ4n) is 11.1. The maximum absolute atomic E-state index is 15.3. The Morgan fingerprint density at radius 3 is 0.970 bits per heavy atom. The van der Waals surface area contributed by atoms with Gasteiger partial charge in [0.25, 0.3) is 0 Å². The van der Waals surface area contributed by atoms with E-state index >= 15 is 9.59 Å². The first-order chi connectivity index (χ1) is 31.2. The Balaban J connectivity index is 2.73. The van der Waals surface area contributed by atoms with Crippen molar-refractivity contribution >= 4 is 11.9 Å². The van der Waals surface area contributed by atoms with Crippen molar-refractivity contribution < 1.29 is 29.3 Å². The third-order valence-corrected chi connectivity index (χ3v) is 14.6. The Labute approximate surface area is 413 Å². The predicted octanol–water partition coefficient (Wildman–Crippen LogP) is 17.5. The van der Waals surface area contributed by atoms with Gasteiger partial charge in [0.05, 0.1) is 13.2 Å². The predicted molar refractivity (Wildman–Crippen MR) is 285 cm³/mol. The van der Waals surface area contributed by atoms with Gasteiger partial charge in [-0.2, -0.15) is 0 Å². The average Bonchev–Trinajstić information content (AvgIpc) is 3.22. The minimum Gasteiger partial charge on any atom is -0.507 e. The maximum Gasteiger partial charge on any atom is 0.324 e. The van der Waals surface area contributed by atoms with Gasteiger partial charge in [-0.05, 0) is 121 Å². The molecule has 0 aromatic heterocycles. The summed E-state index contributed by atoms with van der Waals surface area (Å²) >= 11 is 0. The van der Waals surface area contributed by atoms with Gasteiger partial charge in [0.15, 0.2) is 5.41 Å². The van der Waals surface area contributed by atoms with Crippen molar-refractivity contribution in [2.45, 2.75) is 276 Å². The molecule has 0 unspecified atom stereocenters. The molecule has 0 heterocycles. The van der Waals surface area contributed by atoms with Gasteiger partial charge in [0.1, 0.15) is 11.5 Å². The summed E-state index contributed by atoms with van der Waals surface area (Å²) in [7, 11) is 0. The van der Waals surface area contributed by atoms with E-state index in [-0.39, 0.29) is 48.4 Å². The number of aromatic hydroxyl groups is 2. The number of carbonyl (C=O) groups is 2. The lowest BCUT2D eigenvalue weighted by Gasteiger charge is -2.36. The summed E-state index contributed by atoms with van der Waals surface area (Å²) in [4.78, 5) is 30.6. The van der Waals surface area contributed by atoms with Crippen molar-refractivity contribution in [1.82, 2.24) is 0 Å². The molecule has 0 atom stereocenters. The molecule has 0 fully saturated rings. The molecule has 384 valence electrons. The van der Waals surface area contributed by atoms with Gasteiger partial charge < -0.3 is 19.7 Å². The second-order valence-corrected chi connectivity index (χ2v) is 24.7. The lowest BCUT2D eigenvalue weighted by molar-refractivity contribution is -0.173. The Bertz CT molecular complexity index is 1670. The number of hydrogen-bond acceptors (Lipinski definition) is 6. The number of phenols is 2. The van der Waals surface area contributed by atoms with Crippen molar-refractivity contribution in [3.63, 3.8) is 0 Å². The highest BCUT2D eigenvalue weighted by molar-refractivity contribution is 6.01. The van der Waals surface area contributed by atoms with E-state index in [1.807, 2.05) is 27.7 Å². The summed E-state index contributed by atoms with van der Waals surface area (Å²) in [5, 5.41) is 23.6. The van der Waals surface area contributed by atoms with Crippen LogP contribution in [0.15, 0.2) is 12.1 Å². The number of esters is 2. The quantitative estimate of drug-likeness (QED) is 0.0431. The molecule has 6 nitrogen and oxygen atoms in total. The van der Waals surface area contributed by atoms with Crippen molar-refractivity contribution in [3.8, 4) is 11.5 Å². The maximum atomic E-state index is 15.3. The van der Waals surface area contributed by atoms with Crippen LogP contribution in [0.25, 0.3) is 0 Å². The van der Waals surface area contributed by atoms with Crippen LogP contribution in [0.1, 0.15) is 269 Å². The molecule has 0 saturated carbocycles. The van der Waals surface area contributed by atoms with E-state index < -0.39 is 28.2 Å². The summed E-state index contributed by atoms with van der Waals surface area (Å²) in [6.07, 6.45) is 25.1. The van der Waals surface area contributed by atoms with Crippen LogP contribution in [-0.2, 0) is 42.7 Å². The van der Waals surface area contributed by atoms with Crippen molar-refractivity contribution in [2.24, 2.45) is 16.2 Å². The molecule has 0 bridgehead atoms. The molecule has 2 N–H and O–H groups in total. The van der Waals surface area contributed by atoms with Gasteiger partial charge in [-0.3, -0.25) is 9.59 Å². The largest absolute Gasteiger partial charge is 0.507 e. The summed E-state index contributed by atoms with van der Waals surface area (Å²) in [5.41, 5.74) is 3.96. The summed E-state index contributed by atoms with van der Waals surface area (Å²) in [5.74, 6) is -0.580. The van der Waals surface area contributed by atoms with Gasteiger partial charge >= 0.3 is 11.9 Å². The van der Waals surface area contributed by atoms with E-state index in [0.29, 0.717) is 0 Å². The molecular formula is C61H104O6. The Morgan fingerprint density at radius 2 is 0.701 bits per heavy atom. The van der Waals surface area contributed by atoms with Crippen LogP contribution in [0, 0.1) is 43.9 Å². The number of unbranched alkanes of at least 4 members (excludes halogenated alkanes) is 18. The molecule has 2 aromatic rings. The molecular weight excluding hydrogens is 829 g/mol. The molecule has 6 heteroatoms. The van der Waals surface area contributed by atoms with E-state index in [0.717, 1.165) is 95.9 Å². The lowest BCUT2D eigenvalue weighted by atomic mass is 9.68. The minimum absolute atomic E-state index is 0.0116. The van der Waals surface area contributed by atoms with E-state index in [9.17, 15) is 10.2 Å². The number of ether oxygens (including phenoxy) is 2. The molecule has 0 saturated heterocycles. The molecule has 67 heavy (non-hydrogen) atoms. The first-order valence-electron chi connectivity index (χ1n) is 27.2. The average molecular weight is 933 g/mol. The van der Waals surface area contributed by atoms with Crippen molar-refractivity contribution in [1.29, 1.82) is 0 Å². The van der Waals surface area contributed by atoms with Gasteiger partial charge in [0, 0.05) is 11.1 Å². The van der Waals surface area contributed by atoms with E-state index in [1.165, 1.54) is 89.9 Å². The third kappa shape index (κ3) is 19.7. The normalized spacial score (nSPS) is 12.8. The molecule has 0 aliphatic carbocycles. The lowest BCUT2D eigenvalue weighted by Crippen LogP contribution is -2.46. The van der Waals surface area contributed by atoms with Crippen LogP contribution in [0.3, 0.4) is 0 Å². The van der Waals surface area contributed by atoms with Gasteiger partial charge in [-0.25, -0.2) is 0 Å². The van der Waals surface area contributed by atoms with Crippen molar-refractivity contribution in [3.05, 3.63) is 56.6 Å². The molecule has 0 radical (unpaired) electrons. The third-order valence-electron chi connectivity index (χ3n) is 14.6. The van der Waals surface area contributed by atoms with Crippen LogP contribution in [0.2, 0.25) is 0 Å². The van der Waals surface area contributed by atoms with Crippen LogP contribution >= 0.6 is 0 Å². The monoisotopic (exact) mass is 933 g/mol. The first-order valence-corrected chi connectivity index (χ1v) is 27.2. The molecule has 0 spiro atoms. The van der Waals surface area contributed by atoms with Crippen LogP contribution in [0.5, 0.6) is 11.5 Å². The smallest absolute Gasteiger partial charge is 0.324 e. The molecule has 0 aliphatic rings. The first kappa shape index (κ1) is 60.1. The zero-order valence-electron chi connectivity index (χ0n) is 46.6. The highest BCUT2D eigenvalue weighted by Crippen LogP contribution is 2.47. The fourth-order valence-corrected chi connectivity index (χ4v) is 11.1. The highest BCUT2D eigenvalue weighted by atomic mass is 16.6. The topological polar surface area (TPSA) is 93.1 Å². The molecule has 2 rings (SSSR count). The summed E-state index contributed by atoms with van der Waals surface area (Å²) < 4.78 is 12.7. The number of hydrogen-bond donors (Lipinski definition) is 2. The van der Waals surface area contributed by atoms with E-state index in [4.69, 9.17) is 9.47 Å². The number of phenolic OH excluding ortho intramolecular Hbond substituents is 2. The Hall–Kier alpha value is -3.02. The number of rotatable bonds is 32. The Kier molecular flexibility index (Phi) is 25.1.